The van der Waals surface area contributed by atoms with Crippen molar-refractivity contribution in [2.45, 2.75) is 31.9 Å². The largest absolute Gasteiger partial charge is 0.415 e. The molecule has 0 saturated carbocycles. The lowest BCUT2D eigenvalue weighted by atomic mass is 9.93. The first-order chi connectivity index (χ1) is 17.0. The van der Waals surface area contributed by atoms with Crippen molar-refractivity contribution in [2.24, 2.45) is 5.92 Å². The normalized spacial score (nSPS) is 17.5. The summed E-state index contributed by atoms with van der Waals surface area (Å²) in [5.74, 6) is -1.79. The topological polar surface area (TPSA) is 71.7 Å². The SMILES string of the molecule is O=C(C1CCN(C2COC2)CC1)N(Cc1ccc(-c2nnc(C(F)F)o2)cc1F)c1ccccc1. The number of likely N-dealkylation sites (tertiary alicyclic amines) is 1. The van der Waals surface area contributed by atoms with E-state index in [1.807, 2.05) is 30.3 Å². The fourth-order valence-corrected chi connectivity index (χ4v) is 4.49. The van der Waals surface area contributed by atoms with Gasteiger partial charge in [0.1, 0.15) is 5.82 Å². The lowest BCUT2D eigenvalue weighted by Crippen LogP contribution is -2.53. The Kier molecular flexibility index (Phi) is 6.83. The average Bonchev–Trinajstić information content (AvgIpc) is 3.34. The van der Waals surface area contributed by atoms with Crippen molar-refractivity contribution >= 4 is 11.6 Å². The third-order valence-corrected chi connectivity index (χ3v) is 6.61. The van der Waals surface area contributed by atoms with E-state index in [1.54, 1.807) is 4.90 Å². The zero-order valence-corrected chi connectivity index (χ0v) is 18.9. The molecule has 7 nitrogen and oxygen atoms in total. The minimum Gasteiger partial charge on any atom is -0.415 e. The zero-order chi connectivity index (χ0) is 24.4. The van der Waals surface area contributed by atoms with Gasteiger partial charge in [-0.25, -0.2) is 4.39 Å². The molecule has 2 fully saturated rings. The number of amides is 1. The van der Waals surface area contributed by atoms with E-state index in [0.717, 1.165) is 45.2 Å². The van der Waals surface area contributed by atoms with Crippen molar-refractivity contribution in [1.29, 1.82) is 0 Å². The summed E-state index contributed by atoms with van der Waals surface area (Å²) in [6, 6.07) is 13.8. The molecule has 5 rings (SSSR count). The Hall–Kier alpha value is -3.24. The van der Waals surface area contributed by atoms with Crippen molar-refractivity contribution in [1.82, 2.24) is 15.1 Å². The van der Waals surface area contributed by atoms with Crippen molar-refractivity contribution in [2.75, 3.05) is 31.2 Å². The minimum absolute atomic E-state index is 0.0392. The maximum Gasteiger partial charge on any atom is 0.314 e. The van der Waals surface area contributed by atoms with E-state index < -0.39 is 18.1 Å². The van der Waals surface area contributed by atoms with Gasteiger partial charge in [0.05, 0.1) is 25.8 Å². The Balaban J connectivity index is 1.34. The quantitative estimate of drug-likeness (QED) is 0.491. The molecule has 1 amide bonds. The van der Waals surface area contributed by atoms with Crippen molar-refractivity contribution in [3.63, 3.8) is 0 Å². The third-order valence-electron chi connectivity index (χ3n) is 6.61. The predicted molar refractivity (Wildman–Crippen MR) is 121 cm³/mol. The van der Waals surface area contributed by atoms with Crippen molar-refractivity contribution < 1.29 is 27.1 Å². The highest BCUT2D eigenvalue weighted by Crippen LogP contribution is 2.29. The molecule has 2 aromatic carbocycles. The molecule has 35 heavy (non-hydrogen) atoms. The van der Waals surface area contributed by atoms with Gasteiger partial charge >= 0.3 is 6.43 Å². The van der Waals surface area contributed by atoms with E-state index in [4.69, 9.17) is 9.15 Å². The van der Waals surface area contributed by atoms with Crippen LogP contribution in [0.25, 0.3) is 11.5 Å². The van der Waals surface area contributed by atoms with Gasteiger partial charge < -0.3 is 14.1 Å². The van der Waals surface area contributed by atoms with Crippen LogP contribution < -0.4 is 4.90 Å². The summed E-state index contributed by atoms with van der Waals surface area (Å²) < 4.78 is 50.8. The van der Waals surface area contributed by atoms with Gasteiger partial charge in [-0.1, -0.05) is 24.3 Å². The Morgan fingerprint density at radius 3 is 2.43 bits per heavy atom. The minimum atomic E-state index is -2.90. The molecule has 184 valence electrons. The molecular weight excluding hydrogens is 461 g/mol. The number of hydrogen-bond acceptors (Lipinski definition) is 6. The smallest absolute Gasteiger partial charge is 0.314 e. The lowest BCUT2D eigenvalue weighted by Gasteiger charge is -2.41. The predicted octanol–water partition coefficient (Wildman–Crippen LogP) is 4.46. The number of aromatic nitrogens is 2. The fraction of sp³-hybridized carbons (Fsp3) is 0.400. The first-order valence-corrected chi connectivity index (χ1v) is 11.6. The molecule has 2 aliphatic heterocycles. The maximum atomic E-state index is 15.1. The number of carbonyl (C=O) groups excluding carboxylic acids is 1. The van der Waals surface area contributed by atoms with Gasteiger partial charge in [-0.15, -0.1) is 10.2 Å². The van der Waals surface area contributed by atoms with Gasteiger partial charge in [0, 0.05) is 22.7 Å². The lowest BCUT2D eigenvalue weighted by molar-refractivity contribution is -0.125. The second-order valence-electron chi connectivity index (χ2n) is 8.81. The Bertz CT molecular complexity index is 1160. The first kappa shape index (κ1) is 23.5. The van der Waals surface area contributed by atoms with Crippen LogP contribution in [-0.4, -0.2) is 53.3 Å². The van der Waals surface area contributed by atoms with E-state index in [0.29, 0.717) is 17.3 Å². The molecule has 3 aromatic rings. The van der Waals surface area contributed by atoms with Gasteiger partial charge in [0.25, 0.3) is 5.89 Å². The van der Waals surface area contributed by atoms with E-state index in [9.17, 15) is 13.6 Å². The molecule has 0 aliphatic carbocycles. The summed E-state index contributed by atoms with van der Waals surface area (Å²) >= 11 is 0. The van der Waals surface area contributed by atoms with Crippen LogP contribution in [0.3, 0.4) is 0 Å². The molecule has 1 aromatic heterocycles. The number of halogens is 3. The Labute approximate surface area is 200 Å². The molecule has 0 radical (unpaired) electrons. The molecular formula is C25H25F3N4O3. The summed E-state index contributed by atoms with van der Waals surface area (Å²) in [6.07, 6.45) is -1.42. The number of rotatable bonds is 7. The molecule has 0 unspecified atom stereocenters. The molecule has 2 saturated heterocycles. The number of benzene rings is 2. The van der Waals surface area contributed by atoms with E-state index in [1.165, 1.54) is 12.1 Å². The number of para-hydroxylation sites is 1. The van der Waals surface area contributed by atoms with Crippen LogP contribution in [0, 0.1) is 11.7 Å². The highest BCUT2D eigenvalue weighted by Gasteiger charge is 2.34. The van der Waals surface area contributed by atoms with Crippen LogP contribution in [0.1, 0.15) is 30.7 Å². The molecule has 0 atom stereocenters. The standard InChI is InChI=1S/C25H25F3N4O3/c26-21-12-17(23-29-30-24(35-23)22(27)28)6-7-18(21)13-32(19-4-2-1-3-5-19)25(33)16-8-10-31(11-9-16)20-14-34-15-20/h1-7,12,16,20,22H,8-11,13-15H2. The van der Waals surface area contributed by atoms with Crippen LogP contribution in [0.2, 0.25) is 0 Å². The fourth-order valence-electron chi connectivity index (χ4n) is 4.49. The number of alkyl halides is 2. The van der Waals surface area contributed by atoms with Gasteiger partial charge in [-0.2, -0.15) is 8.78 Å². The number of hydrogen-bond donors (Lipinski definition) is 0. The summed E-state index contributed by atoms with van der Waals surface area (Å²) in [5, 5.41) is 6.85. The molecule has 0 spiro atoms. The molecule has 10 heteroatoms. The van der Waals surface area contributed by atoms with Crippen molar-refractivity contribution in [3.05, 3.63) is 65.8 Å². The Morgan fingerprint density at radius 2 is 1.83 bits per heavy atom. The number of nitrogens with zero attached hydrogens (tertiary/aromatic N) is 4. The van der Waals surface area contributed by atoms with Crippen LogP contribution in [-0.2, 0) is 16.1 Å². The molecule has 0 bridgehead atoms. The van der Waals surface area contributed by atoms with Crippen LogP contribution >= 0.6 is 0 Å². The molecule has 2 aliphatic rings. The summed E-state index contributed by atoms with van der Waals surface area (Å²) in [7, 11) is 0. The van der Waals surface area contributed by atoms with Gasteiger partial charge in [-0.05, 0) is 50.2 Å². The second-order valence-corrected chi connectivity index (χ2v) is 8.81. The van der Waals surface area contributed by atoms with E-state index >= 15 is 4.39 Å². The summed E-state index contributed by atoms with van der Waals surface area (Å²) in [6.45, 7) is 3.20. The van der Waals surface area contributed by atoms with Crippen LogP contribution in [0.15, 0.2) is 52.9 Å². The monoisotopic (exact) mass is 486 g/mol. The highest BCUT2D eigenvalue weighted by atomic mass is 19.3. The van der Waals surface area contributed by atoms with Gasteiger partial charge in [0.15, 0.2) is 0 Å². The first-order valence-electron chi connectivity index (χ1n) is 11.6. The number of anilines is 1. The number of ether oxygens (including phenoxy) is 1. The maximum absolute atomic E-state index is 15.1. The van der Waals surface area contributed by atoms with Crippen LogP contribution in [0.5, 0.6) is 0 Å². The third kappa shape index (κ3) is 5.08. The van der Waals surface area contributed by atoms with Crippen molar-refractivity contribution in [3.8, 4) is 11.5 Å². The summed E-state index contributed by atoms with van der Waals surface area (Å²) in [5.41, 5.74) is 1.17. The Morgan fingerprint density at radius 1 is 1.09 bits per heavy atom. The van der Waals surface area contributed by atoms with Gasteiger partial charge in [0.2, 0.25) is 11.8 Å². The second kappa shape index (κ2) is 10.2. The molecule has 3 heterocycles. The summed E-state index contributed by atoms with van der Waals surface area (Å²) in [4.78, 5) is 17.6. The van der Waals surface area contributed by atoms with E-state index in [-0.39, 0.29) is 29.8 Å². The van der Waals surface area contributed by atoms with Crippen LogP contribution in [0.4, 0.5) is 18.9 Å². The zero-order valence-electron chi connectivity index (χ0n) is 18.9. The highest BCUT2D eigenvalue weighted by molar-refractivity contribution is 5.95. The number of piperidine rings is 1. The average molecular weight is 486 g/mol. The van der Waals surface area contributed by atoms with Gasteiger partial charge in [-0.3, -0.25) is 9.69 Å². The number of carbonyl (C=O) groups is 1. The molecule has 0 N–H and O–H groups in total. The van der Waals surface area contributed by atoms with E-state index in [2.05, 4.69) is 15.1 Å².